The number of rotatable bonds is 4. The maximum Gasteiger partial charge on any atom is 0.407 e. The third kappa shape index (κ3) is 4.50. The number of aromatic nitrogens is 3. The molecule has 0 bridgehead atoms. The first kappa shape index (κ1) is 18.2. The molecular weight excluding hydrogens is 337 g/mol. The summed E-state index contributed by atoms with van der Waals surface area (Å²) in [6, 6.07) is 4.83. The molecule has 7 nitrogen and oxygen atoms in total. The largest absolute Gasteiger partial charge is 0.444 e. The zero-order chi connectivity index (χ0) is 18.7. The van der Waals surface area contributed by atoms with Gasteiger partial charge in [0, 0.05) is 24.8 Å². The molecule has 1 aromatic heterocycles. The molecule has 1 aromatic carbocycles. The third-order valence-corrected chi connectivity index (χ3v) is 3.96. The second kappa shape index (κ2) is 7.31. The molecule has 1 aliphatic rings. The lowest BCUT2D eigenvalue weighted by atomic mass is 10.1. The van der Waals surface area contributed by atoms with E-state index in [1.165, 1.54) is 10.7 Å². The van der Waals surface area contributed by atoms with Crippen LogP contribution in [0.25, 0.3) is 0 Å². The number of hydrogen-bond acceptors (Lipinski definition) is 5. The minimum absolute atomic E-state index is 0.0938. The van der Waals surface area contributed by atoms with Crippen LogP contribution in [0, 0.1) is 12.4 Å². The van der Waals surface area contributed by atoms with Gasteiger partial charge in [-0.25, -0.2) is 13.9 Å². The van der Waals surface area contributed by atoms with Crippen LogP contribution in [0.15, 0.2) is 30.6 Å². The van der Waals surface area contributed by atoms with Crippen LogP contribution in [0.1, 0.15) is 32.8 Å². The summed E-state index contributed by atoms with van der Waals surface area (Å²) in [7, 11) is 0. The van der Waals surface area contributed by atoms with Crippen LogP contribution in [0.5, 0.6) is 0 Å². The summed E-state index contributed by atoms with van der Waals surface area (Å²) in [6.45, 7) is 8.33. The first-order valence-electron chi connectivity index (χ1n) is 8.55. The van der Waals surface area contributed by atoms with E-state index in [0.29, 0.717) is 24.3 Å². The molecule has 8 heteroatoms. The van der Waals surface area contributed by atoms with Crippen molar-refractivity contribution in [1.29, 1.82) is 0 Å². The van der Waals surface area contributed by atoms with Crippen LogP contribution in [-0.2, 0) is 4.74 Å². The number of alkyl carbamates (subject to hydrolysis) is 1. The molecule has 26 heavy (non-hydrogen) atoms. The number of hydrogen-bond donors (Lipinski definition) is 1. The van der Waals surface area contributed by atoms with Crippen molar-refractivity contribution in [3.63, 3.8) is 0 Å². The Morgan fingerprint density at radius 1 is 1.42 bits per heavy atom. The first-order valence-corrected chi connectivity index (χ1v) is 8.55. The van der Waals surface area contributed by atoms with Crippen molar-refractivity contribution in [3.8, 4) is 0 Å². The predicted octanol–water partition coefficient (Wildman–Crippen LogP) is 2.58. The summed E-state index contributed by atoms with van der Waals surface area (Å²) in [5.74, 6) is -0.309. The van der Waals surface area contributed by atoms with Crippen molar-refractivity contribution in [2.45, 2.75) is 38.8 Å². The quantitative estimate of drug-likeness (QED) is 0.907. The minimum atomic E-state index is -0.548. The van der Waals surface area contributed by atoms with E-state index in [2.05, 4.69) is 15.6 Å². The first-order chi connectivity index (χ1) is 12.3. The Kier molecular flexibility index (Phi) is 5.11. The van der Waals surface area contributed by atoms with Crippen LogP contribution >= 0.6 is 0 Å². The van der Waals surface area contributed by atoms with Gasteiger partial charge in [-0.2, -0.15) is 0 Å². The fourth-order valence-electron chi connectivity index (χ4n) is 2.95. The molecule has 1 fully saturated rings. The second-order valence-electron chi connectivity index (χ2n) is 7.27. The van der Waals surface area contributed by atoms with Crippen molar-refractivity contribution < 1.29 is 13.9 Å². The van der Waals surface area contributed by atoms with Crippen LogP contribution in [0.3, 0.4) is 0 Å². The highest BCUT2D eigenvalue weighted by atomic mass is 19.1. The molecule has 2 heterocycles. The molecule has 1 N–H and O–H groups in total. The average Bonchev–Trinajstić information content (AvgIpc) is 3.17. The number of carbonyl (C=O) groups excluding carboxylic acids is 1. The predicted molar refractivity (Wildman–Crippen MR) is 95.2 cm³/mol. The fraction of sp³-hybridized carbons (Fsp3) is 0.444. The van der Waals surface area contributed by atoms with E-state index < -0.39 is 11.7 Å². The van der Waals surface area contributed by atoms with Crippen molar-refractivity contribution in [3.05, 3.63) is 48.5 Å². The lowest BCUT2D eigenvalue weighted by Crippen LogP contribution is -2.40. The monoisotopic (exact) mass is 360 g/mol. The van der Waals surface area contributed by atoms with Crippen LogP contribution < -0.4 is 10.2 Å². The summed E-state index contributed by atoms with van der Waals surface area (Å²) in [6.07, 6.45) is 3.51. The number of benzene rings is 1. The summed E-state index contributed by atoms with van der Waals surface area (Å²) in [5.41, 5.74) is 0.651. The molecule has 139 valence electrons. The number of amides is 1. The topological polar surface area (TPSA) is 72.3 Å². The Hall–Kier alpha value is -2.64. The Balaban J connectivity index is 1.69. The van der Waals surface area contributed by atoms with Gasteiger partial charge in [0.1, 0.15) is 18.0 Å². The Morgan fingerprint density at radius 2 is 2.23 bits per heavy atom. The highest BCUT2D eigenvalue weighted by Gasteiger charge is 2.29. The van der Waals surface area contributed by atoms with Crippen LogP contribution in [0.2, 0.25) is 0 Å². The van der Waals surface area contributed by atoms with Crippen molar-refractivity contribution in [1.82, 2.24) is 20.3 Å². The molecule has 1 radical (unpaired) electrons. The van der Waals surface area contributed by atoms with Crippen LogP contribution in [-0.4, -0.2) is 45.8 Å². The van der Waals surface area contributed by atoms with Gasteiger partial charge in [-0.3, -0.25) is 0 Å². The maximum atomic E-state index is 14.5. The summed E-state index contributed by atoms with van der Waals surface area (Å²) >= 11 is 0. The van der Waals surface area contributed by atoms with Gasteiger partial charge in [-0.1, -0.05) is 17.3 Å². The van der Waals surface area contributed by atoms with Crippen molar-refractivity contribution in [2.24, 2.45) is 0 Å². The van der Waals surface area contributed by atoms with E-state index in [-0.39, 0.29) is 11.9 Å². The molecule has 3 rings (SSSR count). The molecule has 0 unspecified atom stereocenters. The van der Waals surface area contributed by atoms with Crippen LogP contribution in [0.4, 0.5) is 14.9 Å². The van der Waals surface area contributed by atoms with Crippen molar-refractivity contribution >= 4 is 11.8 Å². The third-order valence-electron chi connectivity index (χ3n) is 3.96. The minimum Gasteiger partial charge on any atom is -0.444 e. The highest BCUT2D eigenvalue weighted by Crippen LogP contribution is 2.29. The van der Waals surface area contributed by atoms with E-state index in [4.69, 9.17) is 4.74 Å². The lowest BCUT2D eigenvalue weighted by Gasteiger charge is -2.24. The van der Waals surface area contributed by atoms with Crippen molar-refractivity contribution in [2.75, 3.05) is 18.0 Å². The molecule has 1 saturated heterocycles. The summed E-state index contributed by atoms with van der Waals surface area (Å²) in [4.78, 5) is 13.9. The van der Waals surface area contributed by atoms with E-state index in [0.717, 1.165) is 6.42 Å². The van der Waals surface area contributed by atoms with Gasteiger partial charge in [0.2, 0.25) is 0 Å². The van der Waals surface area contributed by atoms with Gasteiger partial charge in [0.05, 0.1) is 17.9 Å². The van der Waals surface area contributed by atoms with E-state index in [1.54, 1.807) is 25.0 Å². The number of nitrogens with zero attached hydrogens (tertiary/aromatic N) is 4. The van der Waals surface area contributed by atoms with Gasteiger partial charge < -0.3 is 15.0 Å². The number of anilines is 1. The Bertz CT molecular complexity index is 757. The number of para-hydroxylation sites is 1. The highest BCUT2D eigenvalue weighted by molar-refractivity contribution is 5.68. The maximum absolute atomic E-state index is 14.5. The molecule has 0 saturated carbocycles. The van der Waals surface area contributed by atoms with Gasteiger partial charge in [-0.05, 0) is 33.3 Å². The average molecular weight is 360 g/mol. The number of ether oxygens (including phenoxy) is 1. The second-order valence-corrected chi connectivity index (χ2v) is 7.27. The smallest absolute Gasteiger partial charge is 0.407 e. The van der Waals surface area contributed by atoms with Gasteiger partial charge in [0.15, 0.2) is 0 Å². The summed E-state index contributed by atoms with van der Waals surface area (Å²) in [5, 5.41) is 10.5. The van der Waals surface area contributed by atoms with Gasteiger partial charge in [-0.15, -0.1) is 5.10 Å². The summed E-state index contributed by atoms with van der Waals surface area (Å²) < 4.78 is 21.3. The molecule has 0 spiro atoms. The molecule has 1 aliphatic heterocycles. The lowest BCUT2D eigenvalue weighted by molar-refractivity contribution is 0.0509. The number of carbonyl (C=O) groups is 1. The van der Waals surface area contributed by atoms with Gasteiger partial charge >= 0.3 is 6.09 Å². The molecule has 1 amide bonds. The molecule has 2 aromatic rings. The fourth-order valence-corrected chi connectivity index (χ4v) is 2.95. The van der Waals surface area contributed by atoms with E-state index in [1.807, 2.05) is 31.7 Å². The molecular formula is C18H23FN5O2. The standard InChI is InChI=1S/C18H23FN5O2/c1-18(2,3)26-17(25)21-14-7-9-23(12-14)16-13(5-4-6-15(16)19)11-24-10-8-20-22-24/h4-6,8,10-11,14H,7,9,12H2,1-3H3,(H,21,25)/t14-/m0/s1. The molecule has 1 atom stereocenters. The number of nitrogens with one attached hydrogen (secondary N) is 1. The van der Waals surface area contributed by atoms with E-state index in [9.17, 15) is 9.18 Å². The Morgan fingerprint density at radius 3 is 2.92 bits per heavy atom. The zero-order valence-corrected chi connectivity index (χ0v) is 15.1. The zero-order valence-electron chi connectivity index (χ0n) is 15.1. The number of halogens is 1. The normalized spacial score (nSPS) is 17.4. The molecule has 0 aliphatic carbocycles. The Labute approximate surface area is 152 Å². The van der Waals surface area contributed by atoms with E-state index >= 15 is 0 Å². The van der Waals surface area contributed by atoms with Gasteiger partial charge in [0.25, 0.3) is 0 Å². The SMILES string of the molecule is CC(C)(C)OC(=O)N[C@H]1CCN(c2c(F)cccc2[CH]n2ccnn2)C1.